The van der Waals surface area contributed by atoms with Crippen LogP contribution < -0.4 is 5.73 Å². The van der Waals surface area contributed by atoms with Crippen LogP contribution in [0.3, 0.4) is 0 Å². The van der Waals surface area contributed by atoms with Crippen molar-refractivity contribution in [2.45, 2.75) is 50.6 Å². The number of amides is 1. The molecule has 0 bridgehead atoms. The summed E-state index contributed by atoms with van der Waals surface area (Å²) in [6, 6.07) is 10.7. The topological polar surface area (TPSA) is 59.2 Å². The summed E-state index contributed by atoms with van der Waals surface area (Å²) in [6.45, 7) is 1.71. The zero-order valence-corrected chi connectivity index (χ0v) is 14.6. The van der Waals surface area contributed by atoms with Crippen molar-refractivity contribution < 1.29 is 4.79 Å². The van der Waals surface area contributed by atoms with E-state index in [1.165, 1.54) is 22.6 Å². The number of aromatic nitrogens is 1. The number of hydrogen-bond acceptors (Lipinski definition) is 4. The number of rotatable bonds is 4. The molecule has 1 aromatic heterocycles. The van der Waals surface area contributed by atoms with Crippen molar-refractivity contribution in [3.05, 3.63) is 51.5 Å². The molecule has 5 heteroatoms. The highest BCUT2D eigenvalue weighted by molar-refractivity contribution is 7.11. The minimum Gasteiger partial charge on any atom is -0.368 e. The van der Waals surface area contributed by atoms with Crippen LogP contribution in [0.4, 0.5) is 0 Å². The molecule has 0 unspecified atom stereocenters. The van der Waals surface area contributed by atoms with Crippen LogP contribution in [-0.2, 0) is 24.2 Å². The third kappa shape index (κ3) is 3.10. The molecule has 1 aliphatic carbocycles. The number of carbonyl (C=O) groups excluding carboxylic acids is 1. The Balaban J connectivity index is 1.48. The third-order valence-electron chi connectivity index (χ3n) is 5.29. The highest BCUT2D eigenvalue weighted by Gasteiger charge is 2.30. The Hall–Kier alpha value is -1.72. The second-order valence-electron chi connectivity index (χ2n) is 6.86. The Kier molecular flexibility index (Phi) is 4.37. The first-order chi connectivity index (χ1) is 11.7. The van der Waals surface area contributed by atoms with Gasteiger partial charge in [-0.05, 0) is 50.1 Å². The molecule has 4 nitrogen and oxygen atoms in total. The molecule has 4 rings (SSSR count). The summed E-state index contributed by atoms with van der Waals surface area (Å²) in [5.41, 5.74) is 8.24. The number of fused-ring (bicyclic) bond motifs is 1. The standard InChI is InChI=1S/C19H23N3OS/c20-19(23)16-7-4-10-22(16)12-18-21-15-9-8-14(11-17(15)24-18)13-5-2-1-3-6-13/h1-3,5-6,14,16H,4,7-12H2,(H2,20,23)/t14-,16-/m0/s1. The third-order valence-corrected chi connectivity index (χ3v) is 6.39. The number of hydrogen-bond donors (Lipinski definition) is 1. The van der Waals surface area contributed by atoms with E-state index in [0.29, 0.717) is 5.92 Å². The lowest BCUT2D eigenvalue weighted by molar-refractivity contribution is -0.122. The zero-order valence-electron chi connectivity index (χ0n) is 13.8. The smallest absolute Gasteiger partial charge is 0.234 e. The Labute approximate surface area is 146 Å². The van der Waals surface area contributed by atoms with Crippen LogP contribution in [0.5, 0.6) is 0 Å². The number of thiazole rings is 1. The van der Waals surface area contributed by atoms with Gasteiger partial charge in [0.15, 0.2) is 0 Å². The van der Waals surface area contributed by atoms with Crippen molar-refractivity contribution >= 4 is 17.2 Å². The number of primary amides is 1. The van der Waals surface area contributed by atoms with Crippen LogP contribution in [0.2, 0.25) is 0 Å². The van der Waals surface area contributed by atoms with Crippen molar-refractivity contribution in [1.29, 1.82) is 0 Å². The number of nitrogens with two attached hydrogens (primary N) is 1. The van der Waals surface area contributed by atoms with Crippen LogP contribution in [0.15, 0.2) is 30.3 Å². The van der Waals surface area contributed by atoms with E-state index < -0.39 is 0 Å². The average Bonchev–Trinajstić information content (AvgIpc) is 3.21. The van der Waals surface area contributed by atoms with Crippen LogP contribution in [0, 0.1) is 0 Å². The summed E-state index contributed by atoms with van der Waals surface area (Å²) in [7, 11) is 0. The zero-order chi connectivity index (χ0) is 16.5. The predicted molar refractivity (Wildman–Crippen MR) is 95.9 cm³/mol. The molecular weight excluding hydrogens is 318 g/mol. The normalized spacial score (nSPS) is 24.0. The van der Waals surface area contributed by atoms with Gasteiger partial charge >= 0.3 is 0 Å². The van der Waals surface area contributed by atoms with Crippen molar-refractivity contribution in [2.75, 3.05) is 6.54 Å². The Morgan fingerprint density at radius 1 is 1.29 bits per heavy atom. The van der Waals surface area contributed by atoms with Crippen LogP contribution >= 0.6 is 11.3 Å². The van der Waals surface area contributed by atoms with E-state index in [-0.39, 0.29) is 11.9 Å². The molecule has 1 amide bonds. The van der Waals surface area contributed by atoms with Crippen LogP contribution in [0.1, 0.15) is 46.3 Å². The van der Waals surface area contributed by atoms with E-state index in [2.05, 4.69) is 35.2 Å². The van der Waals surface area contributed by atoms with E-state index in [1.54, 1.807) is 0 Å². The molecule has 126 valence electrons. The van der Waals surface area contributed by atoms with Crippen LogP contribution in [-0.4, -0.2) is 28.4 Å². The maximum atomic E-state index is 11.6. The number of carbonyl (C=O) groups is 1. The fourth-order valence-corrected chi connectivity index (χ4v) is 5.24. The SMILES string of the molecule is NC(=O)[C@@H]1CCCN1Cc1nc2c(s1)C[C@@H](c1ccccc1)CC2. The molecular formula is C19H23N3OS. The molecule has 2 atom stereocenters. The van der Waals surface area contributed by atoms with Gasteiger partial charge in [-0.15, -0.1) is 11.3 Å². The van der Waals surface area contributed by atoms with E-state index in [1.807, 2.05) is 11.3 Å². The molecule has 0 saturated carbocycles. The number of benzene rings is 1. The van der Waals surface area contributed by atoms with Gasteiger partial charge < -0.3 is 5.73 Å². The maximum absolute atomic E-state index is 11.6. The Morgan fingerprint density at radius 3 is 2.92 bits per heavy atom. The lowest BCUT2D eigenvalue weighted by Crippen LogP contribution is -2.39. The summed E-state index contributed by atoms with van der Waals surface area (Å²) in [5, 5.41) is 1.14. The van der Waals surface area contributed by atoms with Gasteiger partial charge in [-0.1, -0.05) is 30.3 Å². The molecule has 24 heavy (non-hydrogen) atoms. The number of aryl methyl sites for hydroxylation is 1. The van der Waals surface area contributed by atoms with Crippen LogP contribution in [0.25, 0.3) is 0 Å². The Morgan fingerprint density at radius 2 is 2.12 bits per heavy atom. The minimum absolute atomic E-state index is 0.108. The first kappa shape index (κ1) is 15.8. The fourth-order valence-electron chi connectivity index (χ4n) is 4.02. The highest BCUT2D eigenvalue weighted by Crippen LogP contribution is 2.36. The molecule has 0 spiro atoms. The van der Waals surface area contributed by atoms with Crippen molar-refractivity contribution in [3.63, 3.8) is 0 Å². The van der Waals surface area contributed by atoms with Gasteiger partial charge in [-0.3, -0.25) is 9.69 Å². The molecule has 1 fully saturated rings. The highest BCUT2D eigenvalue weighted by atomic mass is 32.1. The number of likely N-dealkylation sites (tertiary alicyclic amines) is 1. The molecule has 2 heterocycles. The van der Waals surface area contributed by atoms with Gasteiger partial charge in [0, 0.05) is 4.88 Å². The van der Waals surface area contributed by atoms with Gasteiger partial charge in [0.2, 0.25) is 5.91 Å². The quantitative estimate of drug-likeness (QED) is 0.930. The average molecular weight is 341 g/mol. The van der Waals surface area contributed by atoms with Crippen molar-refractivity contribution in [1.82, 2.24) is 9.88 Å². The van der Waals surface area contributed by atoms with E-state index in [4.69, 9.17) is 10.7 Å². The van der Waals surface area contributed by atoms with Gasteiger partial charge in [-0.2, -0.15) is 0 Å². The first-order valence-electron chi connectivity index (χ1n) is 8.76. The lowest BCUT2D eigenvalue weighted by atomic mass is 9.85. The Bertz CT molecular complexity index is 727. The van der Waals surface area contributed by atoms with Crippen molar-refractivity contribution in [3.8, 4) is 0 Å². The van der Waals surface area contributed by atoms with Gasteiger partial charge in [0.1, 0.15) is 5.01 Å². The first-order valence-corrected chi connectivity index (χ1v) is 9.58. The maximum Gasteiger partial charge on any atom is 0.234 e. The largest absolute Gasteiger partial charge is 0.368 e. The summed E-state index contributed by atoms with van der Waals surface area (Å²) >= 11 is 1.83. The fraction of sp³-hybridized carbons (Fsp3) is 0.474. The molecule has 2 aliphatic rings. The van der Waals surface area contributed by atoms with Gasteiger partial charge in [0.25, 0.3) is 0 Å². The monoisotopic (exact) mass is 341 g/mol. The molecule has 2 N–H and O–H groups in total. The van der Waals surface area contributed by atoms with Gasteiger partial charge in [-0.25, -0.2) is 4.98 Å². The predicted octanol–water partition coefficient (Wildman–Crippen LogP) is 2.87. The molecule has 1 saturated heterocycles. The van der Waals surface area contributed by atoms with E-state index in [9.17, 15) is 4.79 Å². The van der Waals surface area contributed by atoms with E-state index >= 15 is 0 Å². The molecule has 0 radical (unpaired) electrons. The van der Waals surface area contributed by atoms with Crippen molar-refractivity contribution in [2.24, 2.45) is 5.73 Å². The molecule has 1 aromatic carbocycles. The minimum atomic E-state index is -0.196. The number of nitrogens with zero attached hydrogens (tertiary/aromatic N) is 2. The summed E-state index contributed by atoms with van der Waals surface area (Å²) in [5.74, 6) is 0.412. The second kappa shape index (κ2) is 6.65. The summed E-state index contributed by atoms with van der Waals surface area (Å²) < 4.78 is 0. The summed E-state index contributed by atoms with van der Waals surface area (Å²) in [6.07, 6.45) is 5.26. The molecule has 1 aliphatic heterocycles. The second-order valence-corrected chi connectivity index (χ2v) is 8.03. The van der Waals surface area contributed by atoms with E-state index in [0.717, 1.165) is 43.8 Å². The van der Waals surface area contributed by atoms with Gasteiger partial charge in [0.05, 0.1) is 18.3 Å². The summed E-state index contributed by atoms with van der Waals surface area (Å²) in [4.78, 5) is 20.0. The lowest BCUT2D eigenvalue weighted by Gasteiger charge is -2.21. The molecule has 2 aromatic rings.